The van der Waals surface area contributed by atoms with E-state index in [1.807, 2.05) is 18.7 Å². The molecule has 2 N–H and O–H groups in total. The van der Waals surface area contributed by atoms with E-state index in [9.17, 15) is 5.11 Å². The molecule has 1 saturated heterocycles. The van der Waals surface area contributed by atoms with E-state index in [2.05, 4.69) is 45.8 Å². The van der Waals surface area contributed by atoms with Gasteiger partial charge in [-0.2, -0.15) is 5.10 Å². The van der Waals surface area contributed by atoms with Crippen LogP contribution in [-0.2, 0) is 13.6 Å². The molecule has 0 unspecified atom stereocenters. The fourth-order valence-corrected chi connectivity index (χ4v) is 3.02. The van der Waals surface area contributed by atoms with Crippen LogP contribution in [0.25, 0.3) is 0 Å². The molecule has 1 aromatic heterocycles. The van der Waals surface area contributed by atoms with Gasteiger partial charge < -0.3 is 15.3 Å². The number of hydrogen-bond acceptors (Lipinski definition) is 4. The van der Waals surface area contributed by atoms with E-state index in [0.29, 0.717) is 0 Å². The average molecular weight is 300 g/mol. The second-order valence-corrected chi connectivity index (χ2v) is 6.00. The minimum atomic E-state index is -0.144. The summed E-state index contributed by atoms with van der Waals surface area (Å²) in [5.41, 5.74) is 4.64. The number of aliphatic hydroxyl groups is 1. The Hall–Kier alpha value is -2.01. The van der Waals surface area contributed by atoms with Crippen LogP contribution in [0, 0.1) is 6.92 Å². The molecule has 0 spiro atoms. The summed E-state index contributed by atoms with van der Waals surface area (Å²) in [6.45, 7) is 4.62. The summed E-state index contributed by atoms with van der Waals surface area (Å²) >= 11 is 0. The third-order valence-corrected chi connectivity index (χ3v) is 4.29. The van der Waals surface area contributed by atoms with Crippen LogP contribution in [0.5, 0.6) is 0 Å². The van der Waals surface area contributed by atoms with Crippen molar-refractivity contribution >= 4 is 11.4 Å². The Morgan fingerprint density at radius 2 is 2.00 bits per heavy atom. The van der Waals surface area contributed by atoms with Crippen LogP contribution in [0.2, 0.25) is 0 Å². The van der Waals surface area contributed by atoms with Crippen molar-refractivity contribution < 1.29 is 5.11 Å². The summed E-state index contributed by atoms with van der Waals surface area (Å²) in [7, 11) is 1.95. The van der Waals surface area contributed by atoms with E-state index in [0.717, 1.165) is 43.9 Å². The number of para-hydroxylation sites is 2. The summed E-state index contributed by atoms with van der Waals surface area (Å²) < 4.78 is 1.85. The Bertz CT molecular complexity index is 629. The third-order valence-electron chi connectivity index (χ3n) is 4.29. The first-order valence-corrected chi connectivity index (χ1v) is 7.88. The van der Waals surface area contributed by atoms with E-state index in [4.69, 9.17) is 0 Å². The summed E-state index contributed by atoms with van der Waals surface area (Å²) in [6, 6.07) is 8.39. The van der Waals surface area contributed by atoms with E-state index in [1.165, 1.54) is 11.3 Å². The van der Waals surface area contributed by atoms with Crippen LogP contribution in [0.15, 0.2) is 30.5 Å². The van der Waals surface area contributed by atoms with Gasteiger partial charge in [-0.25, -0.2) is 0 Å². The minimum Gasteiger partial charge on any atom is -0.393 e. The van der Waals surface area contributed by atoms with Gasteiger partial charge in [0, 0.05) is 38.4 Å². The van der Waals surface area contributed by atoms with Crippen LogP contribution < -0.4 is 10.2 Å². The van der Waals surface area contributed by atoms with Crippen molar-refractivity contribution in [1.82, 2.24) is 9.78 Å². The molecule has 2 heterocycles. The molecule has 118 valence electrons. The smallest absolute Gasteiger partial charge is 0.0643 e. The first-order chi connectivity index (χ1) is 10.6. The largest absolute Gasteiger partial charge is 0.393 e. The number of anilines is 2. The first kappa shape index (κ1) is 14.9. The minimum absolute atomic E-state index is 0.144. The second-order valence-electron chi connectivity index (χ2n) is 6.00. The molecule has 0 bridgehead atoms. The molecule has 1 aliphatic rings. The van der Waals surface area contributed by atoms with Crippen molar-refractivity contribution in [1.29, 1.82) is 0 Å². The highest BCUT2D eigenvalue weighted by molar-refractivity contribution is 5.70. The van der Waals surface area contributed by atoms with Crippen molar-refractivity contribution in [3.05, 3.63) is 41.7 Å². The van der Waals surface area contributed by atoms with Crippen molar-refractivity contribution in [3.63, 3.8) is 0 Å². The first-order valence-electron chi connectivity index (χ1n) is 7.88. The van der Waals surface area contributed by atoms with E-state index >= 15 is 0 Å². The van der Waals surface area contributed by atoms with Gasteiger partial charge in [-0.3, -0.25) is 4.68 Å². The van der Waals surface area contributed by atoms with Crippen LogP contribution in [-0.4, -0.2) is 34.1 Å². The third kappa shape index (κ3) is 3.25. The highest BCUT2D eigenvalue weighted by Gasteiger charge is 2.19. The molecule has 1 fully saturated rings. The fourth-order valence-electron chi connectivity index (χ4n) is 3.02. The molecule has 5 heteroatoms. The molecule has 0 aliphatic carbocycles. The summed E-state index contributed by atoms with van der Waals surface area (Å²) in [5, 5.41) is 17.6. The number of hydrogen-bond donors (Lipinski definition) is 2. The number of aromatic nitrogens is 2. The lowest BCUT2D eigenvalue weighted by molar-refractivity contribution is 0.145. The molecule has 0 atom stereocenters. The van der Waals surface area contributed by atoms with Gasteiger partial charge in [0.15, 0.2) is 0 Å². The number of nitrogens with zero attached hydrogens (tertiary/aromatic N) is 3. The van der Waals surface area contributed by atoms with Gasteiger partial charge in [-0.1, -0.05) is 12.1 Å². The van der Waals surface area contributed by atoms with Crippen molar-refractivity contribution in [2.24, 2.45) is 7.05 Å². The number of rotatable bonds is 4. The molecular weight excluding hydrogens is 276 g/mol. The summed E-state index contributed by atoms with van der Waals surface area (Å²) in [5.74, 6) is 0. The maximum atomic E-state index is 9.68. The average Bonchev–Trinajstić information content (AvgIpc) is 2.84. The zero-order valence-electron chi connectivity index (χ0n) is 13.3. The van der Waals surface area contributed by atoms with E-state index < -0.39 is 0 Å². The monoisotopic (exact) mass is 300 g/mol. The molecule has 0 radical (unpaired) electrons. The predicted molar refractivity (Wildman–Crippen MR) is 89.2 cm³/mol. The molecule has 5 nitrogen and oxygen atoms in total. The van der Waals surface area contributed by atoms with Gasteiger partial charge in [0.2, 0.25) is 0 Å². The highest BCUT2D eigenvalue weighted by atomic mass is 16.3. The molecule has 3 rings (SSSR count). The van der Waals surface area contributed by atoms with Crippen LogP contribution in [0.1, 0.15) is 24.1 Å². The van der Waals surface area contributed by atoms with Crippen molar-refractivity contribution in [3.8, 4) is 0 Å². The van der Waals surface area contributed by atoms with Gasteiger partial charge in [-0.05, 0) is 31.9 Å². The van der Waals surface area contributed by atoms with Crippen LogP contribution in [0.3, 0.4) is 0 Å². The Kier molecular flexibility index (Phi) is 4.34. The number of nitrogens with one attached hydrogen (secondary N) is 1. The van der Waals surface area contributed by atoms with Gasteiger partial charge >= 0.3 is 0 Å². The lowest BCUT2D eigenvalue weighted by Crippen LogP contribution is -2.36. The van der Waals surface area contributed by atoms with Crippen LogP contribution >= 0.6 is 0 Å². The van der Waals surface area contributed by atoms with Gasteiger partial charge in [0.05, 0.1) is 23.2 Å². The topological polar surface area (TPSA) is 53.3 Å². The number of benzene rings is 1. The van der Waals surface area contributed by atoms with Crippen LogP contribution in [0.4, 0.5) is 11.4 Å². The lowest BCUT2D eigenvalue weighted by Gasteiger charge is -2.33. The Labute approximate surface area is 131 Å². The number of aliphatic hydroxyl groups excluding tert-OH is 1. The molecule has 22 heavy (non-hydrogen) atoms. The Balaban J connectivity index is 1.72. The molecule has 1 aromatic carbocycles. The van der Waals surface area contributed by atoms with E-state index in [-0.39, 0.29) is 6.10 Å². The van der Waals surface area contributed by atoms with Crippen molar-refractivity contribution in [2.45, 2.75) is 32.4 Å². The Morgan fingerprint density at radius 1 is 1.27 bits per heavy atom. The zero-order chi connectivity index (χ0) is 15.5. The summed E-state index contributed by atoms with van der Waals surface area (Å²) in [6.07, 6.45) is 3.60. The molecule has 1 aliphatic heterocycles. The fraction of sp³-hybridized carbons (Fsp3) is 0.471. The lowest BCUT2D eigenvalue weighted by atomic mass is 10.1. The molecule has 2 aromatic rings. The van der Waals surface area contributed by atoms with Gasteiger partial charge in [0.25, 0.3) is 0 Å². The Morgan fingerprint density at radius 3 is 2.68 bits per heavy atom. The number of aryl methyl sites for hydroxylation is 2. The number of piperidine rings is 1. The van der Waals surface area contributed by atoms with Crippen molar-refractivity contribution in [2.75, 3.05) is 23.3 Å². The molecule has 0 saturated carbocycles. The maximum absolute atomic E-state index is 9.68. The highest BCUT2D eigenvalue weighted by Crippen LogP contribution is 2.28. The normalized spacial score (nSPS) is 16.0. The zero-order valence-corrected chi connectivity index (χ0v) is 13.3. The SMILES string of the molecule is Cc1nn(C)cc1CNc1ccccc1N1CCC(O)CC1. The van der Waals surface area contributed by atoms with E-state index in [1.54, 1.807) is 0 Å². The van der Waals surface area contributed by atoms with Gasteiger partial charge in [0.1, 0.15) is 0 Å². The predicted octanol–water partition coefficient (Wildman–Crippen LogP) is 2.30. The quantitative estimate of drug-likeness (QED) is 0.910. The standard InChI is InChI=1S/C17H24N4O/c1-13-14(12-20(2)19-13)11-18-16-5-3-4-6-17(16)21-9-7-15(22)8-10-21/h3-6,12,15,18,22H,7-11H2,1-2H3. The maximum Gasteiger partial charge on any atom is 0.0643 e. The van der Waals surface area contributed by atoms with Gasteiger partial charge in [-0.15, -0.1) is 0 Å². The molecule has 0 amide bonds. The second kappa shape index (κ2) is 6.40. The summed E-state index contributed by atoms with van der Waals surface area (Å²) in [4.78, 5) is 2.35. The molecular formula is C17H24N4O.